The first-order valence-electron chi connectivity index (χ1n) is 5.28. The molecule has 0 bridgehead atoms. The van der Waals surface area contributed by atoms with Gasteiger partial charge in [0, 0.05) is 13.5 Å². The van der Waals surface area contributed by atoms with Crippen molar-refractivity contribution in [3.63, 3.8) is 0 Å². The Labute approximate surface area is 91.9 Å². The maximum absolute atomic E-state index is 10.5. The van der Waals surface area contributed by atoms with Crippen LogP contribution in [0.3, 0.4) is 0 Å². The largest absolute Gasteiger partial charge is 0.344 e. The van der Waals surface area contributed by atoms with Gasteiger partial charge in [-0.25, -0.2) is 0 Å². The van der Waals surface area contributed by atoms with Crippen molar-refractivity contribution in [1.29, 1.82) is 0 Å². The lowest BCUT2D eigenvalue weighted by molar-refractivity contribution is -0.119. The highest BCUT2D eigenvalue weighted by Gasteiger charge is 1.90. The second kappa shape index (κ2) is 9.21. The van der Waals surface area contributed by atoms with E-state index in [1.165, 1.54) is 12.5 Å². The smallest absolute Gasteiger partial charge is 0.217 e. The normalized spacial score (nSPS) is 8.73. The third kappa shape index (κ3) is 7.70. The van der Waals surface area contributed by atoms with Gasteiger partial charge in [0.2, 0.25) is 5.91 Å². The third-order valence-electron chi connectivity index (χ3n) is 1.63. The van der Waals surface area contributed by atoms with Crippen LogP contribution in [0, 0.1) is 0 Å². The van der Waals surface area contributed by atoms with Gasteiger partial charge in [-0.2, -0.15) is 0 Å². The lowest BCUT2D eigenvalue weighted by Gasteiger charge is -2.04. The molecule has 0 saturated carbocycles. The van der Waals surface area contributed by atoms with Gasteiger partial charge in [-0.05, 0) is 5.56 Å². The molecule has 84 valence electrons. The van der Waals surface area contributed by atoms with Crippen molar-refractivity contribution in [2.75, 3.05) is 6.67 Å². The van der Waals surface area contributed by atoms with Crippen LogP contribution in [-0.2, 0) is 11.3 Å². The standard InChI is InChI=1S/C10H14N2O.C2H6/c1-9(13)12-8-11-7-10-5-3-2-4-6-10;1-2/h2-6,11H,7-8H2,1H3,(H,12,13);1-2H3. The van der Waals surface area contributed by atoms with Gasteiger partial charge < -0.3 is 5.32 Å². The molecular formula is C12H20N2O. The molecule has 0 unspecified atom stereocenters. The molecule has 0 saturated heterocycles. The summed E-state index contributed by atoms with van der Waals surface area (Å²) < 4.78 is 0. The van der Waals surface area contributed by atoms with E-state index in [1.54, 1.807) is 0 Å². The second-order valence-corrected chi connectivity index (χ2v) is 2.82. The number of nitrogens with one attached hydrogen (secondary N) is 2. The van der Waals surface area contributed by atoms with E-state index in [9.17, 15) is 4.79 Å². The van der Waals surface area contributed by atoms with E-state index in [0.29, 0.717) is 6.67 Å². The third-order valence-corrected chi connectivity index (χ3v) is 1.63. The molecule has 3 nitrogen and oxygen atoms in total. The fraction of sp³-hybridized carbons (Fsp3) is 0.417. The molecule has 15 heavy (non-hydrogen) atoms. The minimum atomic E-state index is -0.0134. The number of amides is 1. The van der Waals surface area contributed by atoms with Crippen LogP contribution in [0.25, 0.3) is 0 Å². The van der Waals surface area contributed by atoms with E-state index < -0.39 is 0 Å². The van der Waals surface area contributed by atoms with Crippen LogP contribution in [0.5, 0.6) is 0 Å². The van der Waals surface area contributed by atoms with Crippen LogP contribution in [0.4, 0.5) is 0 Å². The quantitative estimate of drug-likeness (QED) is 0.586. The Hall–Kier alpha value is -1.35. The molecular weight excluding hydrogens is 188 g/mol. The zero-order chi connectivity index (χ0) is 11.5. The summed E-state index contributed by atoms with van der Waals surface area (Å²) in [6.45, 7) is 6.80. The summed E-state index contributed by atoms with van der Waals surface area (Å²) in [4.78, 5) is 10.5. The van der Waals surface area contributed by atoms with E-state index in [2.05, 4.69) is 10.6 Å². The van der Waals surface area contributed by atoms with Crippen molar-refractivity contribution in [1.82, 2.24) is 10.6 Å². The van der Waals surface area contributed by atoms with Gasteiger partial charge in [-0.1, -0.05) is 44.2 Å². The molecule has 3 heteroatoms. The molecule has 0 aliphatic heterocycles. The van der Waals surface area contributed by atoms with E-state index in [0.717, 1.165) is 6.54 Å². The highest BCUT2D eigenvalue weighted by atomic mass is 16.1. The summed E-state index contributed by atoms with van der Waals surface area (Å²) in [5.41, 5.74) is 1.22. The van der Waals surface area contributed by atoms with E-state index in [1.807, 2.05) is 44.2 Å². The van der Waals surface area contributed by atoms with Crippen LogP contribution in [0.2, 0.25) is 0 Å². The Kier molecular flexibility index (Phi) is 8.39. The van der Waals surface area contributed by atoms with Gasteiger partial charge in [0.1, 0.15) is 0 Å². The van der Waals surface area contributed by atoms with E-state index in [4.69, 9.17) is 0 Å². The maximum Gasteiger partial charge on any atom is 0.217 e. The molecule has 0 radical (unpaired) electrons. The Morgan fingerprint density at radius 2 is 1.80 bits per heavy atom. The van der Waals surface area contributed by atoms with Crippen molar-refractivity contribution in [3.05, 3.63) is 35.9 Å². The van der Waals surface area contributed by atoms with Crippen molar-refractivity contribution in [3.8, 4) is 0 Å². The molecule has 1 amide bonds. The summed E-state index contributed by atoms with van der Waals surface area (Å²) >= 11 is 0. The first kappa shape index (κ1) is 13.7. The Balaban J connectivity index is 0.000000921. The first-order chi connectivity index (χ1) is 7.29. The van der Waals surface area contributed by atoms with Gasteiger partial charge in [0.05, 0.1) is 6.67 Å². The van der Waals surface area contributed by atoms with Crippen LogP contribution in [0.1, 0.15) is 26.3 Å². The van der Waals surface area contributed by atoms with Gasteiger partial charge in [-0.3, -0.25) is 10.1 Å². The van der Waals surface area contributed by atoms with Gasteiger partial charge in [-0.15, -0.1) is 0 Å². The number of benzene rings is 1. The number of carbonyl (C=O) groups is 1. The highest BCUT2D eigenvalue weighted by Crippen LogP contribution is 1.96. The molecule has 0 aromatic heterocycles. The molecule has 0 spiro atoms. The molecule has 0 aliphatic carbocycles. The highest BCUT2D eigenvalue weighted by molar-refractivity contribution is 5.72. The van der Waals surface area contributed by atoms with Crippen molar-refractivity contribution >= 4 is 5.91 Å². The zero-order valence-corrected chi connectivity index (χ0v) is 9.71. The van der Waals surface area contributed by atoms with Crippen LogP contribution in [0.15, 0.2) is 30.3 Å². The summed E-state index contributed by atoms with van der Waals surface area (Å²) in [7, 11) is 0. The first-order valence-corrected chi connectivity index (χ1v) is 5.28. The van der Waals surface area contributed by atoms with Gasteiger partial charge >= 0.3 is 0 Å². The molecule has 0 heterocycles. The van der Waals surface area contributed by atoms with Crippen LogP contribution < -0.4 is 10.6 Å². The fourth-order valence-electron chi connectivity index (χ4n) is 0.990. The van der Waals surface area contributed by atoms with Gasteiger partial charge in [0.25, 0.3) is 0 Å². The molecule has 0 aliphatic rings. The molecule has 1 rings (SSSR count). The fourth-order valence-corrected chi connectivity index (χ4v) is 0.990. The number of carbonyl (C=O) groups excluding carboxylic acids is 1. The molecule has 1 aromatic rings. The van der Waals surface area contributed by atoms with Crippen molar-refractivity contribution in [2.45, 2.75) is 27.3 Å². The summed E-state index contributed by atoms with van der Waals surface area (Å²) in [6, 6.07) is 10.1. The van der Waals surface area contributed by atoms with Crippen molar-refractivity contribution < 1.29 is 4.79 Å². The summed E-state index contributed by atoms with van der Waals surface area (Å²) in [5, 5.41) is 5.77. The summed E-state index contributed by atoms with van der Waals surface area (Å²) in [5.74, 6) is -0.0134. The predicted molar refractivity (Wildman–Crippen MR) is 63.3 cm³/mol. The molecule has 1 aromatic carbocycles. The molecule has 2 N–H and O–H groups in total. The zero-order valence-electron chi connectivity index (χ0n) is 9.71. The van der Waals surface area contributed by atoms with Gasteiger partial charge in [0.15, 0.2) is 0 Å². The SMILES string of the molecule is CC.CC(=O)NCNCc1ccccc1. The maximum atomic E-state index is 10.5. The van der Waals surface area contributed by atoms with Crippen LogP contribution >= 0.6 is 0 Å². The lowest BCUT2D eigenvalue weighted by Crippen LogP contribution is -2.31. The minimum Gasteiger partial charge on any atom is -0.344 e. The number of hydrogen-bond donors (Lipinski definition) is 2. The monoisotopic (exact) mass is 208 g/mol. The summed E-state index contributed by atoms with van der Waals surface area (Å²) in [6.07, 6.45) is 0. The number of rotatable bonds is 4. The lowest BCUT2D eigenvalue weighted by atomic mass is 10.2. The number of hydrogen-bond acceptors (Lipinski definition) is 2. The average molecular weight is 208 g/mol. The van der Waals surface area contributed by atoms with Crippen molar-refractivity contribution in [2.24, 2.45) is 0 Å². The van der Waals surface area contributed by atoms with E-state index in [-0.39, 0.29) is 5.91 Å². The predicted octanol–water partition coefficient (Wildman–Crippen LogP) is 1.90. The topological polar surface area (TPSA) is 41.1 Å². The van der Waals surface area contributed by atoms with E-state index >= 15 is 0 Å². The average Bonchev–Trinajstić information content (AvgIpc) is 2.28. The van der Waals surface area contributed by atoms with Crippen LogP contribution in [-0.4, -0.2) is 12.6 Å². The molecule has 0 fully saturated rings. The molecule has 0 atom stereocenters. The Bertz CT molecular complexity index is 260. The minimum absolute atomic E-state index is 0.0134. The Morgan fingerprint density at radius 3 is 2.33 bits per heavy atom. The second-order valence-electron chi connectivity index (χ2n) is 2.82. The Morgan fingerprint density at radius 1 is 1.20 bits per heavy atom.